The van der Waals surface area contributed by atoms with Crippen molar-refractivity contribution in [2.24, 2.45) is 0 Å². The molecular weight excluding hydrogens is 326 g/mol. The molecule has 0 fully saturated rings. The second-order valence-corrected chi connectivity index (χ2v) is 7.68. The lowest BCUT2D eigenvalue weighted by molar-refractivity contribution is 0.0442. The van der Waals surface area contributed by atoms with Crippen LogP contribution in [0.1, 0.15) is 24.5 Å². The molecule has 3 rings (SSSR count). The zero-order valence-corrected chi connectivity index (χ0v) is 14.3. The Hall–Kier alpha value is -1.89. The minimum atomic E-state index is -3.69. The maximum atomic E-state index is 12.4. The van der Waals surface area contributed by atoms with E-state index in [-0.39, 0.29) is 11.4 Å². The number of nitrogens with one attached hydrogen (secondary N) is 1. The average molecular weight is 347 g/mol. The summed E-state index contributed by atoms with van der Waals surface area (Å²) in [6, 6.07) is 13.8. The number of aryl methyl sites for hydroxylation is 1. The molecule has 1 atom stereocenters. The molecule has 128 valence electrons. The predicted molar refractivity (Wildman–Crippen MR) is 91.5 cm³/mol. The summed E-state index contributed by atoms with van der Waals surface area (Å²) < 4.78 is 32.7. The van der Waals surface area contributed by atoms with Crippen LogP contribution in [-0.4, -0.2) is 26.7 Å². The van der Waals surface area contributed by atoms with Crippen LogP contribution in [0, 0.1) is 0 Å². The number of sulfonamides is 1. The maximum absolute atomic E-state index is 12.4. The van der Waals surface area contributed by atoms with Crippen LogP contribution in [0.3, 0.4) is 0 Å². The third-order valence-electron chi connectivity index (χ3n) is 4.33. The van der Waals surface area contributed by atoms with Crippen LogP contribution in [0.25, 0.3) is 0 Å². The molecule has 0 aromatic heterocycles. The second kappa shape index (κ2) is 6.55. The number of hydrogen-bond donors (Lipinski definition) is 2. The van der Waals surface area contributed by atoms with E-state index in [1.165, 1.54) is 12.1 Å². The molecule has 1 unspecified atom stereocenters. The van der Waals surface area contributed by atoms with Crippen molar-refractivity contribution < 1.29 is 18.3 Å². The first kappa shape index (κ1) is 17.0. The van der Waals surface area contributed by atoms with E-state index in [9.17, 15) is 13.5 Å². The van der Waals surface area contributed by atoms with E-state index in [0.717, 1.165) is 17.5 Å². The number of hydrogen-bond acceptors (Lipinski definition) is 4. The van der Waals surface area contributed by atoms with Gasteiger partial charge in [-0.2, -0.15) is 0 Å². The van der Waals surface area contributed by atoms with Gasteiger partial charge in [-0.05, 0) is 55.2 Å². The maximum Gasteiger partial charge on any atom is 0.240 e. The smallest absolute Gasteiger partial charge is 0.240 e. The fourth-order valence-corrected chi connectivity index (χ4v) is 4.12. The van der Waals surface area contributed by atoms with Crippen LogP contribution in [0.2, 0.25) is 0 Å². The second-order valence-electron chi connectivity index (χ2n) is 5.92. The van der Waals surface area contributed by atoms with Crippen molar-refractivity contribution in [3.05, 3.63) is 59.7 Å². The van der Waals surface area contributed by atoms with Crippen molar-refractivity contribution in [2.45, 2.75) is 30.3 Å². The van der Waals surface area contributed by atoms with Gasteiger partial charge in [0.25, 0.3) is 0 Å². The van der Waals surface area contributed by atoms with Gasteiger partial charge < -0.3 is 9.84 Å². The van der Waals surface area contributed by atoms with Gasteiger partial charge in [0, 0.05) is 6.54 Å². The van der Waals surface area contributed by atoms with Gasteiger partial charge in [-0.3, -0.25) is 0 Å². The Labute approximate surface area is 142 Å². The van der Waals surface area contributed by atoms with E-state index < -0.39 is 15.6 Å². The van der Waals surface area contributed by atoms with Gasteiger partial charge in [0.05, 0.1) is 11.5 Å². The van der Waals surface area contributed by atoms with E-state index in [2.05, 4.69) is 4.72 Å². The van der Waals surface area contributed by atoms with Crippen LogP contribution in [0.5, 0.6) is 5.75 Å². The summed E-state index contributed by atoms with van der Waals surface area (Å²) in [6.45, 7) is 2.35. The van der Waals surface area contributed by atoms with Crippen LogP contribution >= 0.6 is 0 Å². The van der Waals surface area contributed by atoms with Crippen molar-refractivity contribution in [3.8, 4) is 5.75 Å². The highest BCUT2D eigenvalue weighted by Gasteiger charge is 2.37. The molecule has 2 aromatic carbocycles. The van der Waals surface area contributed by atoms with E-state index in [1.54, 1.807) is 12.1 Å². The highest BCUT2D eigenvalue weighted by atomic mass is 32.2. The van der Waals surface area contributed by atoms with Gasteiger partial charge in [-0.15, -0.1) is 0 Å². The van der Waals surface area contributed by atoms with E-state index in [1.807, 2.05) is 31.2 Å². The van der Waals surface area contributed by atoms with Gasteiger partial charge >= 0.3 is 0 Å². The number of rotatable bonds is 6. The molecular formula is C18H21NO4S. The molecule has 1 aliphatic rings. The molecule has 5 nitrogen and oxygen atoms in total. The molecule has 0 radical (unpaired) electrons. The predicted octanol–water partition coefficient (Wildman–Crippen LogP) is 2.20. The first-order valence-corrected chi connectivity index (χ1v) is 9.46. The van der Waals surface area contributed by atoms with Gasteiger partial charge in [0.1, 0.15) is 11.4 Å². The summed E-state index contributed by atoms with van der Waals surface area (Å²) in [4.78, 5) is 0.154. The van der Waals surface area contributed by atoms with Crippen LogP contribution in [0.4, 0.5) is 0 Å². The van der Waals surface area contributed by atoms with Crippen molar-refractivity contribution in [1.29, 1.82) is 0 Å². The van der Waals surface area contributed by atoms with Gasteiger partial charge in [-0.1, -0.05) is 24.3 Å². The SMILES string of the molecule is CCOc1ccc(S(=O)(=O)NCC2(O)CCc3ccccc32)cc1. The van der Waals surface area contributed by atoms with E-state index in [4.69, 9.17) is 4.74 Å². The number of aliphatic hydroxyl groups is 1. The lowest BCUT2D eigenvalue weighted by Gasteiger charge is -2.24. The Morgan fingerprint density at radius 1 is 1.17 bits per heavy atom. The molecule has 1 aliphatic carbocycles. The Kier molecular flexibility index (Phi) is 4.62. The van der Waals surface area contributed by atoms with Gasteiger partial charge in [0.15, 0.2) is 0 Å². The summed E-state index contributed by atoms with van der Waals surface area (Å²) in [6.07, 6.45) is 1.26. The fourth-order valence-electron chi connectivity index (χ4n) is 3.03. The number of fused-ring (bicyclic) bond motifs is 1. The Morgan fingerprint density at radius 2 is 1.88 bits per heavy atom. The molecule has 0 amide bonds. The molecule has 2 aromatic rings. The van der Waals surface area contributed by atoms with Crippen molar-refractivity contribution in [3.63, 3.8) is 0 Å². The van der Waals surface area contributed by atoms with E-state index in [0.29, 0.717) is 18.8 Å². The van der Waals surface area contributed by atoms with Crippen molar-refractivity contribution in [1.82, 2.24) is 4.72 Å². The lowest BCUT2D eigenvalue weighted by atomic mass is 9.96. The van der Waals surface area contributed by atoms with Crippen molar-refractivity contribution >= 4 is 10.0 Å². The number of ether oxygens (including phenoxy) is 1. The standard InChI is InChI=1S/C18H21NO4S/c1-2-23-15-7-9-16(10-8-15)24(21,22)19-13-18(20)12-11-14-5-3-4-6-17(14)18/h3-10,19-20H,2,11-13H2,1H3. The topological polar surface area (TPSA) is 75.6 Å². The van der Waals surface area contributed by atoms with Gasteiger partial charge in [0.2, 0.25) is 10.0 Å². The summed E-state index contributed by atoms with van der Waals surface area (Å²) in [7, 11) is -3.69. The van der Waals surface area contributed by atoms with Crippen LogP contribution < -0.4 is 9.46 Å². The Morgan fingerprint density at radius 3 is 2.58 bits per heavy atom. The summed E-state index contributed by atoms with van der Waals surface area (Å²) in [5.74, 6) is 0.625. The van der Waals surface area contributed by atoms with Gasteiger partial charge in [-0.25, -0.2) is 13.1 Å². The molecule has 0 spiro atoms. The zero-order chi connectivity index (χ0) is 17.2. The molecule has 0 aliphatic heterocycles. The van der Waals surface area contributed by atoms with Crippen molar-refractivity contribution in [2.75, 3.05) is 13.2 Å². The molecule has 6 heteroatoms. The summed E-state index contributed by atoms with van der Waals surface area (Å²) >= 11 is 0. The highest BCUT2D eigenvalue weighted by Crippen LogP contribution is 2.36. The number of benzene rings is 2. The average Bonchev–Trinajstić information content (AvgIpc) is 2.92. The minimum Gasteiger partial charge on any atom is -0.494 e. The Bertz CT molecular complexity index is 817. The van der Waals surface area contributed by atoms with E-state index >= 15 is 0 Å². The first-order valence-electron chi connectivity index (χ1n) is 7.98. The molecule has 0 saturated carbocycles. The molecule has 0 bridgehead atoms. The summed E-state index contributed by atoms with van der Waals surface area (Å²) in [5.41, 5.74) is 0.717. The molecule has 0 saturated heterocycles. The first-order chi connectivity index (χ1) is 11.4. The largest absolute Gasteiger partial charge is 0.494 e. The third kappa shape index (κ3) is 3.31. The zero-order valence-electron chi connectivity index (χ0n) is 13.5. The van der Waals surface area contributed by atoms with Crippen LogP contribution in [0.15, 0.2) is 53.4 Å². The summed E-state index contributed by atoms with van der Waals surface area (Å²) in [5, 5.41) is 10.8. The normalized spacial score (nSPS) is 19.9. The monoisotopic (exact) mass is 347 g/mol. The molecule has 0 heterocycles. The highest BCUT2D eigenvalue weighted by molar-refractivity contribution is 7.89. The minimum absolute atomic E-state index is 0.0421. The third-order valence-corrected chi connectivity index (χ3v) is 5.74. The fraction of sp³-hybridized carbons (Fsp3) is 0.333. The molecule has 2 N–H and O–H groups in total. The quantitative estimate of drug-likeness (QED) is 0.840. The molecule has 24 heavy (non-hydrogen) atoms. The lowest BCUT2D eigenvalue weighted by Crippen LogP contribution is -2.39. The Balaban J connectivity index is 1.74. The van der Waals surface area contributed by atoms with Crippen LogP contribution in [-0.2, 0) is 22.0 Å².